The minimum absolute atomic E-state index is 0.513. The number of guanidine groups is 1. The van der Waals surface area contributed by atoms with Gasteiger partial charge in [0.1, 0.15) is 12.3 Å². The molecule has 0 aliphatic carbocycles. The zero-order chi connectivity index (χ0) is 15.9. The quantitative estimate of drug-likeness (QED) is 0.691. The molecule has 5 heteroatoms. The Hall–Kier alpha value is -2.30. The van der Waals surface area contributed by atoms with Gasteiger partial charge in [-0.3, -0.25) is 0 Å². The average molecular weight is 312 g/mol. The van der Waals surface area contributed by atoms with Gasteiger partial charge >= 0.3 is 0 Å². The molecular formula is C18H24N4O. The maximum atomic E-state index is 5.66. The third-order valence-corrected chi connectivity index (χ3v) is 3.97. The summed E-state index contributed by atoms with van der Waals surface area (Å²) in [7, 11) is 0. The van der Waals surface area contributed by atoms with Crippen LogP contribution in [0.1, 0.15) is 37.8 Å². The molecule has 23 heavy (non-hydrogen) atoms. The summed E-state index contributed by atoms with van der Waals surface area (Å²) in [6, 6.07) is 10.2. The highest BCUT2D eigenvalue weighted by molar-refractivity contribution is 5.93. The van der Waals surface area contributed by atoms with E-state index in [2.05, 4.69) is 27.3 Å². The molecule has 0 saturated carbocycles. The second kappa shape index (κ2) is 7.81. The minimum atomic E-state index is 0.513. The predicted octanol–water partition coefficient (Wildman–Crippen LogP) is 3.69. The molecule has 0 bridgehead atoms. The number of likely N-dealkylation sites (tertiary alicyclic amines) is 1. The number of nitrogens with zero attached hydrogens (tertiary/aromatic N) is 3. The number of aliphatic imine (C=N–C) groups is 1. The molecule has 1 aromatic heterocycles. The molecule has 0 spiro atoms. The number of benzene rings is 1. The van der Waals surface area contributed by atoms with Crippen molar-refractivity contribution >= 4 is 11.6 Å². The molecule has 1 fully saturated rings. The number of hydrogen-bond acceptors (Lipinski definition) is 3. The van der Waals surface area contributed by atoms with Crippen molar-refractivity contribution in [1.82, 2.24) is 9.88 Å². The third-order valence-electron chi connectivity index (χ3n) is 3.97. The van der Waals surface area contributed by atoms with Crippen molar-refractivity contribution in [3.05, 3.63) is 48.2 Å². The van der Waals surface area contributed by atoms with E-state index in [0.29, 0.717) is 6.54 Å². The smallest absolute Gasteiger partial charge is 0.198 e. The van der Waals surface area contributed by atoms with Crippen LogP contribution >= 0.6 is 0 Å². The maximum absolute atomic E-state index is 5.66. The van der Waals surface area contributed by atoms with E-state index < -0.39 is 0 Å². The molecule has 1 aromatic carbocycles. The Labute approximate surface area is 137 Å². The van der Waals surface area contributed by atoms with E-state index in [9.17, 15) is 0 Å². The number of piperidine rings is 1. The summed E-state index contributed by atoms with van der Waals surface area (Å²) in [6.07, 6.45) is 6.33. The number of aryl methyl sites for hydroxylation is 1. The highest BCUT2D eigenvalue weighted by Crippen LogP contribution is 2.14. The van der Waals surface area contributed by atoms with Gasteiger partial charge in [0, 0.05) is 25.2 Å². The van der Waals surface area contributed by atoms with Crippen molar-refractivity contribution in [2.24, 2.45) is 4.99 Å². The summed E-state index contributed by atoms with van der Waals surface area (Å²) in [5.41, 5.74) is 1.06. The number of nitrogens with one attached hydrogen (secondary N) is 1. The van der Waals surface area contributed by atoms with Crippen LogP contribution in [0, 0.1) is 0 Å². The van der Waals surface area contributed by atoms with Gasteiger partial charge in [0.25, 0.3) is 0 Å². The molecular weight excluding hydrogens is 288 g/mol. The largest absolute Gasteiger partial charge is 0.444 e. The lowest BCUT2D eigenvalue weighted by Crippen LogP contribution is -2.40. The molecule has 2 heterocycles. The lowest BCUT2D eigenvalue weighted by molar-refractivity contribution is 0.340. The van der Waals surface area contributed by atoms with Crippen LogP contribution in [0.5, 0.6) is 0 Å². The van der Waals surface area contributed by atoms with Gasteiger partial charge < -0.3 is 14.6 Å². The zero-order valence-corrected chi connectivity index (χ0v) is 13.7. The van der Waals surface area contributed by atoms with Crippen LogP contribution in [0.4, 0.5) is 5.69 Å². The van der Waals surface area contributed by atoms with Crippen LogP contribution in [-0.4, -0.2) is 28.9 Å². The van der Waals surface area contributed by atoms with Gasteiger partial charge in [0.15, 0.2) is 11.9 Å². The van der Waals surface area contributed by atoms with Crippen molar-refractivity contribution in [3.8, 4) is 0 Å². The zero-order valence-electron chi connectivity index (χ0n) is 13.7. The van der Waals surface area contributed by atoms with Crippen LogP contribution in [0.2, 0.25) is 0 Å². The SMILES string of the molecule is CCc1ncc(CN=C(Nc2ccccc2)N2CCCCC2)o1. The van der Waals surface area contributed by atoms with E-state index in [1.165, 1.54) is 19.3 Å². The minimum Gasteiger partial charge on any atom is -0.444 e. The van der Waals surface area contributed by atoms with E-state index in [4.69, 9.17) is 9.41 Å². The molecule has 1 aliphatic rings. The van der Waals surface area contributed by atoms with Crippen molar-refractivity contribution in [3.63, 3.8) is 0 Å². The van der Waals surface area contributed by atoms with E-state index in [-0.39, 0.29) is 0 Å². The average Bonchev–Trinajstić information content (AvgIpc) is 3.08. The first kappa shape index (κ1) is 15.6. The maximum Gasteiger partial charge on any atom is 0.198 e. The Morgan fingerprint density at radius 3 is 2.70 bits per heavy atom. The molecule has 0 amide bonds. The molecule has 122 valence electrons. The number of aromatic nitrogens is 1. The standard InChI is InChI=1S/C18H24N4O/c1-2-17-19-13-16(23-17)14-20-18(22-11-7-4-8-12-22)21-15-9-5-3-6-10-15/h3,5-6,9-10,13H,2,4,7-8,11-12,14H2,1H3,(H,20,21). The van der Waals surface area contributed by atoms with Crippen molar-refractivity contribution in [2.75, 3.05) is 18.4 Å². The second-order valence-corrected chi connectivity index (χ2v) is 5.75. The Balaban J connectivity index is 1.74. The monoisotopic (exact) mass is 312 g/mol. The van der Waals surface area contributed by atoms with Crippen LogP contribution in [0.3, 0.4) is 0 Å². The highest BCUT2D eigenvalue weighted by Gasteiger charge is 2.15. The Bertz CT molecular complexity index is 629. The molecule has 3 rings (SSSR count). The number of hydrogen-bond donors (Lipinski definition) is 1. The van der Waals surface area contributed by atoms with Crippen LogP contribution in [-0.2, 0) is 13.0 Å². The van der Waals surface area contributed by atoms with Gasteiger partial charge in [0.05, 0.1) is 6.20 Å². The highest BCUT2D eigenvalue weighted by atomic mass is 16.4. The molecule has 1 aliphatic heterocycles. The van der Waals surface area contributed by atoms with Gasteiger partial charge in [-0.2, -0.15) is 0 Å². The summed E-state index contributed by atoms with van der Waals surface area (Å²) < 4.78 is 5.66. The van der Waals surface area contributed by atoms with Gasteiger partial charge in [-0.25, -0.2) is 9.98 Å². The first-order valence-corrected chi connectivity index (χ1v) is 8.40. The summed E-state index contributed by atoms with van der Waals surface area (Å²) in [6.45, 7) is 4.65. The molecule has 1 N–H and O–H groups in total. The molecule has 0 radical (unpaired) electrons. The van der Waals surface area contributed by atoms with Gasteiger partial charge in [0.2, 0.25) is 0 Å². The van der Waals surface area contributed by atoms with E-state index in [1.54, 1.807) is 6.20 Å². The number of anilines is 1. The van der Waals surface area contributed by atoms with E-state index in [0.717, 1.165) is 42.8 Å². The fraction of sp³-hybridized carbons (Fsp3) is 0.444. The molecule has 2 aromatic rings. The first-order chi connectivity index (χ1) is 11.3. The molecule has 1 saturated heterocycles. The summed E-state index contributed by atoms with van der Waals surface area (Å²) in [4.78, 5) is 11.3. The fourth-order valence-electron chi connectivity index (χ4n) is 2.71. The number of rotatable bonds is 4. The molecule has 5 nitrogen and oxygen atoms in total. The van der Waals surface area contributed by atoms with Crippen LogP contribution in [0.25, 0.3) is 0 Å². The van der Waals surface area contributed by atoms with Gasteiger partial charge in [-0.15, -0.1) is 0 Å². The van der Waals surface area contributed by atoms with Gasteiger partial charge in [-0.1, -0.05) is 25.1 Å². The summed E-state index contributed by atoms with van der Waals surface area (Å²) >= 11 is 0. The third kappa shape index (κ3) is 4.34. The Kier molecular flexibility index (Phi) is 5.29. The Morgan fingerprint density at radius 2 is 2.00 bits per heavy atom. The number of oxazole rings is 1. The molecule has 0 unspecified atom stereocenters. The molecule has 0 atom stereocenters. The van der Waals surface area contributed by atoms with E-state index in [1.807, 2.05) is 25.1 Å². The summed E-state index contributed by atoms with van der Waals surface area (Å²) in [5, 5.41) is 3.45. The second-order valence-electron chi connectivity index (χ2n) is 5.75. The number of para-hydroxylation sites is 1. The van der Waals surface area contributed by atoms with Crippen molar-refractivity contribution in [2.45, 2.75) is 39.2 Å². The predicted molar refractivity (Wildman–Crippen MR) is 92.5 cm³/mol. The van der Waals surface area contributed by atoms with E-state index >= 15 is 0 Å². The first-order valence-electron chi connectivity index (χ1n) is 8.40. The van der Waals surface area contributed by atoms with Crippen molar-refractivity contribution in [1.29, 1.82) is 0 Å². The normalized spacial score (nSPS) is 15.7. The van der Waals surface area contributed by atoms with Crippen molar-refractivity contribution < 1.29 is 4.42 Å². The topological polar surface area (TPSA) is 53.7 Å². The fourth-order valence-corrected chi connectivity index (χ4v) is 2.71. The lowest BCUT2D eigenvalue weighted by atomic mass is 10.1. The lowest BCUT2D eigenvalue weighted by Gasteiger charge is -2.30. The van der Waals surface area contributed by atoms with Crippen LogP contribution < -0.4 is 5.32 Å². The Morgan fingerprint density at radius 1 is 1.22 bits per heavy atom. The van der Waals surface area contributed by atoms with Crippen LogP contribution in [0.15, 0.2) is 45.9 Å². The van der Waals surface area contributed by atoms with Gasteiger partial charge in [-0.05, 0) is 31.4 Å². The summed E-state index contributed by atoms with van der Waals surface area (Å²) in [5.74, 6) is 2.50.